The van der Waals surface area contributed by atoms with Crippen molar-refractivity contribution in [1.82, 2.24) is 4.98 Å². The second-order valence-corrected chi connectivity index (χ2v) is 4.01. The lowest BCUT2D eigenvalue weighted by molar-refractivity contribution is -0.136. The third-order valence-corrected chi connectivity index (χ3v) is 2.41. The van der Waals surface area contributed by atoms with Gasteiger partial charge in [-0.05, 0) is 25.1 Å². The summed E-state index contributed by atoms with van der Waals surface area (Å²) in [5.41, 5.74) is 1.36. The van der Waals surface area contributed by atoms with Gasteiger partial charge in [0.05, 0.1) is 29.6 Å². The van der Waals surface area contributed by atoms with Crippen LogP contribution >= 0.6 is 0 Å². The van der Waals surface area contributed by atoms with Crippen LogP contribution in [-0.4, -0.2) is 22.0 Å². The van der Waals surface area contributed by atoms with E-state index in [-0.39, 0.29) is 12.3 Å². The third kappa shape index (κ3) is 3.41. The monoisotopic (exact) mass is 260 g/mol. The van der Waals surface area contributed by atoms with E-state index in [1.807, 2.05) is 0 Å². The number of nitrogens with one attached hydrogen (secondary N) is 1. The van der Waals surface area contributed by atoms with Gasteiger partial charge in [0, 0.05) is 0 Å². The highest BCUT2D eigenvalue weighted by Gasteiger charge is 2.09. The number of rotatable bonds is 4. The molecule has 0 unspecified atom stereocenters. The molecule has 2 N–H and O–H groups in total. The van der Waals surface area contributed by atoms with Crippen molar-refractivity contribution in [3.05, 3.63) is 47.7 Å². The summed E-state index contributed by atoms with van der Waals surface area (Å²) in [6, 6.07) is 4.79. The van der Waals surface area contributed by atoms with Gasteiger partial charge in [-0.15, -0.1) is 0 Å². The number of carboxylic acids is 1. The fourth-order valence-corrected chi connectivity index (χ4v) is 1.52. The zero-order valence-corrected chi connectivity index (χ0v) is 10.2. The SMILES string of the molecule is Cc1cc(C(=O)Nc2ccc(CC(=O)O)nc2)co1. The lowest BCUT2D eigenvalue weighted by Gasteiger charge is -2.03. The first-order chi connectivity index (χ1) is 9.04. The van der Waals surface area contributed by atoms with Crippen LogP contribution in [-0.2, 0) is 11.2 Å². The van der Waals surface area contributed by atoms with Crippen LogP contribution in [0.4, 0.5) is 5.69 Å². The lowest BCUT2D eigenvalue weighted by Crippen LogP contribution is -2.11. The topological polar surface area (TPSA) is 92.4 Å². The maximum atomic E-state index is 11.8. The Morgan fingerprint density at radius 1 is 1.42 bits per heavy atom. The van der Waals surface area contributed by atoms with Crippen molar-refractivity contribution in [3.63, 3.8) is 0 Å². The minimum Gasteiger partial charge on any atom is -0.481 e. The minimum absolute atomic E-state index is 0.144. The van der Waals surface area contributed by atoms with Crippen molar-refractivity contribution in [2.24, 2.45) is 0 Å². The zero-order chi connectivity index (χ0) is 13.8. The predicted molar refractivity (Wildman–Crippen MR) is 67.0 cm³/mol. The zero-order valence-electron chi connectivity index (χ0n) is 10.2. The number of amides is 1. The Hall–Kier alpha value is -2.63. The molecule has 6 nitrogen and oxygen atoms in total. The Bertz CT molecular complexity index is 601. The second-order valence-electron chi connectivity index (χ2n) is 4.01. The number of furan rings is 1. The number of carbonyl (C=O) groups is 2. The summed E-state index contributed by atoms with van der Waals surface area (Å²) >= 11 is 0. The fourth-order valence-electron chi connectivity index (χ4n) is 1.52. The van der Waals surface area contributed by atoms with Gasteiger partial charge >= 0.3 is 5.97 Å². The van der Waals surface area contributed by atoms with E-state index >= 15 is 0 Å². The summed E-state index contributed by atoms with van der Waals surface area (Å²) in [6.45, 7) is 1.75. The Morgan fingerprint density at radius 3 is 2.74 bits per heavy atom. The molecule has 0 spiro atoms. The van der Waals surface area contributed by atoms with Gasteiger partial charge in [0.2, 0.25) is 0 Å². The highest BCUT2D eigenvalue weighted by molar-refractivity contribution is 6.04. The van der Waals surface area contributed by atoms with Crippen LogP contribution in [0.5, 0.6) is 0 Å². The third-order valence-electron chi connectivity index (χ3n) is 2.41. The summed E-state index contributed by atoms with van der Waals surface area (Å²) in [6.07, 6.45) is 2.65. The number of aromatic nitrogens is 1. The van der Waals surface area contributed by atoms with Gasteiger partial charge in [-0.1, -0.05) is 0 Å². The van der Waals surface area contributed by atoms with Crippen LogP contribution in [0.3, 0.4) is 0 Å². The highest BCUT2D eigenvalue weighted by atomic mass is 16.4. The van der Waals surface area contributed by atoms with E-state index in [4.69, 9.17) is 9.52 Å². The molecule has 2 rings (SSSR count). The first-order valence-corrected chi connectivity index (χ1v) is 5.58. The summed E-state index contributed by atoms with van der Waals surface area (Å²) in [4.78, 5) is 26.2. The Labute approximate surface area is 109 Å². The van der Waals surface area contributed by atoms with E-state index in [0.29, 0.717) is 22.7 Å². The van der Waals surface area contributed by atoms with Gasteiger partial charge in [-0.2, -0.15) is 0 Å². The van der Waals surface area contributed by atoms with E-state index in [9.17, 15) is 9.59 Å². The summed E-state index contributed by atoms with van der Waals surface area (Å²) < 4.78 is 5.04. The van der Waals surface area contributed by atoms with Crippen molar-refractivity contribution >= 4 is 17.6 Å². The number of aliphatic carboxylic acids is 1. The molecule has 0 aliphatic heterocycles. The van der Waals surface area contributed by atoms with Crippen molar-refractivity contribution in [2.45, 2.75) is 13.3 Å². The molecule has 2 heterocycles. The first kappa shape index (κ1) is 12.8. The van der Waals surface area contributed by atoms with Crippen LogP contribution in [0.1, 0.15) is 21.8 Å². The standard InChI is InChI=1S/C13H12N2O4/c1-8-4-9(7-19-8)13(18)15-11-3-2-10(14-6-11)5-12(16)17/h2-4,6-7H,5H2,1H3,(H,15,18)(H,16,17). The minimum atomic E-state index is -0.946. The molecule has 0 saturated heterocycles. The molecule has 0 aromatic carbocycles. The Morgan fingerprint density at radius 2 is 2.21 bits per heavy atom. The molecule has 1 amide bonds. The maximum Gasteiger partial charge on any atom is 0.309 e. The predicted octanol–water partition coefficient (Wildman–Crippen LogP) is 1.86. The van der Waals surface area contributed by atoms with E-state index in [1.54, 1.807) is 25.1 Å². The molecular weight excluding hydrogens is 248 g/mol. The number of pyridine rings is 1. The van der Waals surface area contributed by atoms with E-state index in [0.717, 1.165) is 0 Å². The lowest BCUT2D eigenvalue weighted by atomic mass is 10.2. The molecule has 0 saturated carbocycles. The Balaban J connectivity index is 2.03. The number of aryl methyl sites for hydroxylation is 1. The molecule has 0 aliphatic carbocycles. The summed E-state index contributed by atoms with van der Waals surface area (Å²) in [5.74, 6) is -0.595. The van der Waals surface area contributed by atoms with Gasteiger partial charge in [0.15, 0.2) is 0 Å². The molecule has 98 valence electrons. The van der Waals surface area contributed by atoms with E-state index in [2.05, 4.69) is 10.3 Å². The van der Waals surface area contributed by atoms with Crippen molar-refractivity contribution < 1.29 is 19.1 Å². The molecule has 0 radical (unpaired) electrons. The molecule has 0 fully saturated rings. The normalized spacial score (nSPS) is 10.2. The van der Waals surface area contributed by atoms with Crippen LogP contribution in [0.15, 0.2) is 35.1 Å². The molecule has 6 heteroatoms. The number of carboxylic acid groups (broad SMARTS) is 1. The molecule has 0 atom stereocenters. The number of carbonyl (C=O) groups excluding carboxylic acids is 1. The summed E-state index contributed by atoms with van der Waals surface area (Å²) in [7, 11) is 0. The first-order valence-electron chi connectivity index (χ1n) is 5.58. The maximum absolute atomic E-state index is 11.8. The van der Waals surface area contributed by atoms with E-state index < -0.39 is 5.97 Å². The van der Waals surface area contributed by atoms with Gasteiger partial charge in [0.25, 0.3) is 5.91 Å². The van der Waals surface area contributed by atoms with Gasteiger partial charge in [-0.25, -0.2) is 0 Å². The van der Waals surface area contributed by atoms with Crippen molar-refractivity contribution in [2.75, 3.05) is 5.32 Å². The van der Waals surface area contributed by atoms with Crippen LogP contribution in [0.2, 0.25) is 0 Å². The molecule has 2 aromatic rings. The number of nitrogens with zero attached hydrogens (tertiary/aromatic N) is 1. The second kappa shape index (κ2) is 5.34. The molecule has 19 heavy (non-hydrogen) atoms. The number of hydrogen-bond acceptors (Lipinski definition) is 4. The average Bonchev–Trinajstić information content (AvgIpc) is 2.78. The van der Waals surface area contributed by atoms with Gasteiger partial charge in [0.1, 0.15) is 12.0 Å². The van der Waals surface area contributed by atoms with Gasteiger partial charge in [-0.3, -0.25) is 14.6 Å². The van der Waals surface area contributed by atoms with Crippen molar-refractivity contribution in [1.29, 1.82) is 0 Å². The molecule has 0 bridgehead atoms. The van der Waals surface area contributed by atoms with Crippen LogP contribution in [0, 0.1) is 6.92 Å². The molecule has 2 aromatic heterocycles. The number of anilines is 1. The highest BCUT2D eigenvalue weighted by Crippen LogP contribution is 2.11. The Kier molecular flexibility index (Phi) is 3.61. The van der Waals surface area contributed by atoms with Crippen LogP contribution in [0.25, 0.3) is 0 Å². The van der Waals surface area contributed by atoms with Crippen molar-refractivity contribution in [3.8, 4) is 0 Å². The number of hydrogen-bond donors (Lipinski definition) is 2. The van der Waals surface area contributed by atoms with Gasteiger partial charge < -0.3 is 14.8 Å². The molecule has 0 aliphatic rings. The summed E-state index contributed by atoms with van der Waals surface area (Å²) in [5, 5.41) is 11.3. The quantitative estimate of drug-likeness (QED) is 0.875. The van der Waals surface area contributed by atoms with Crippen LogP contribution < -0.4 is 5.32 Å². The smallest absolute Gasteiger partial charge is 0.309 e. The molecular formula is C13H12N2O4. The largest absolute Gasteiger partial charge is 0.481 e. The average molecular weight is 260 g/mol. The van der Waals surface area contributed by atoms with E-state index in [1.165, 1.54) is 12.5 Å². The fraction of sp³-hybridized carbons (Fsp3) is 0.154.